The Balaban J connectivity index is 1.37. The summed E-state index contributed by atoms with van der Waals surface area (Å²) in [6, 6.07) is 25.1. The van der Waals surface area contributed by atoms with Gasteiger partial charge in [-0.25, -0.2) is 4.98 Å². The van der Waals surface area contributed by atoms with Crippen molar-refractivity contribution in [2.24, 2.45) is 0 Å². The number of nitrogens with one attached hydrogen (secondary N) is 1. The van der Waals surface area contributed by atoms with E-state index in [-0.39, 0.29) is 18.0 Å². The first-order valence-corrected chi connectivity index (χ1v) is 9.94. The van der Waals surface area contributed by atoms with Crippen molar-refractivity contribution in [1.29, 1.82) is 0 Å². The van der Waals surface area contributed by atoms with Crippen molar-refractivity contribution in [1.82, 2.24) is 9.55 Å². The first-order valence-electron chi connectivity index (χ1n) is 9.94. The van der Waals surface area contributed by atoms with Crippen LogP contribution in [0.5, 0.6) is 17.2 Å². The van der Waals surface area contributed by atoms with Crippen LogP contribution in [0.3, 0.4) is 0 Å². The number of anilines is 1. The second-order valence-corrected chi connectivity index (χ2v) is 6.96. The van der Waals surface area contributed by atoms with Crippen molar-refractivity contribution in [2.75, 3.05) is 12.4 Å². The quantitative estimate of drug-likeness (QED) is 0.474. The number of benzene rings is 3. The summed E-state index contributed by atoms with van der Waals surface area (Å²) in [6.45, 7) is -0.142. The number of carbonyl (C=O) groups excluding carboxylic acids is 1. The Labute approximate surface area is 184 Å². The van der Waals surface area contributed by atoms with Gasteiger partial charge in [0, 0.05) is 17.3 Å². The van der Waals surface area contributed by atoms with Crippen molar-refractivity contribution in [3.63, 3.8) is 0 Å². The van der Waals surface area contributed by atoms with Crippen molar-refractivity contribution in [2.45, 2.75) is 6.54 Å². The maximum atomic E-state index is 12.4. The van der Waals surface area contributed by atoms with Crippen LogP contribution in [-0.2, 0) is 11.3 Å². The van der Waals surface area contributed by atoms with Crippen LogP contribution in [0.4, 0.5) is 5.69 Å². The van der Waals surface area contributed by atoms with Crippen LogP contribution in [0.25, 0.3) is 11.3 Å². The second kappa shape index (κ2) is 9.61. The zero-order valence-electron chi connectivity index (χ0n) is 17.4. The zero-order valence-corrected chi connectivity index (χ0v) is 17.4. The third-order valence-corrected chi connectivity index (χ3v) is 4.70. The summed E-state index contributed by atoms with van der Waals surface area (Å²) >= 11 is 0. The van der Waals surface area contributed by atoms with Gasteiger partial charge in [-0.3, -0.25) is 14.2 Å². The molecule has 7 heteroatoms. The largest absolute Gasteiger partial charge is 0.497 e. The van der Waals surface area contributed by atoms with Gasteiger partial charge in [0.25, 0.3) is 5.56 Å². The molecule has 4 rings (SSSR count). The van der Waals surface area contributed by atoms with Crippen molar-refractivity contribution >= 4 is 11.6 Å². The van der Waals surface area contributed by atoms with Gasteiger partial charge < -0.3 is 14.8 Å². The van der Waals surface area contributed by atoms with E-state index in [1.807, 2.05) is 42.5 Å². The topological polar surface area (TPSA) is 82.5 Å². The van der Waals surface area contributed by atoms with Crippen LogP contribution in [0.1, 0.15) is 0 Å². The Morgan fingerprint density at radius 3 is 2.22 bits per heavy atom. The molecule has 1 aromatic heterocycles. The van der Waals surface area contributed by atoms with Crippen molar-refractivity contribution in [3.8, 4) is 28.5 Å². The van der Waals surface area contributed by atoms with Gasteiger partial charge in [0.2, 0.25) is 5.91 Å². The molecule has 0 saturated carbocycles. The molecule has 0 aliphatic rings. The average molecular weight is 427 g/mol. The monoisotopic (exact) mass is 427 g/mol. The molecular weight excluding hydrogens is 406 g/mol. The molecular formula is C25H21N3O4. The SMILES string of the molecule is COc1ccc(-c2cc(=O)n(CC(=O)Nc3ccc(Oc4ccccc4)cc3)cn2)cc1. The highest BCUT2D eigenvalue weighted by Crippen LogP contribution is 2.23. The van der Waals surface area contributed by atoms with E-state index in [1.54, 1.807) is 43.5 Å². The highest BCUT2D eigenvalue weighted by atomic mass is 16.5. The predicted octanol–water partition coefficient (Wildman–Crippen LogP) is 4.35. The Hall–Kier alpha value is -4.39. The fourth-order valence-corrected chi connectivity index (χ4v) is 3.05. The molecule has 0 atom stereocenters. The van der Waals surface area contributed by atoms with Crippen LogP contribution >= 0.6 is 0 Å². The van der Waals surface area contributed by atoms with Crippen LogP contribution < -0.4 is 20.3 Å². The molecule has 7 nitrogen and oxygen atoms in total. The number of hydrogen-bond donors (Lipinski definition) is 1. The Bertz CT molecular complexity index is 1250. The molecule has 3 aromatic carbocycles. The molecule has 160 valence electrons. The summed E-state index contributed by atoms with van der Waals surface area (Å²) in [7, 11) is 1.59. The lowest BCUT2D eigenvalue weighted by Gasteiger charge is -2.09. The maximum absolute atomic E-state index is 12.4. The van der Waals surface area contributed by atoms with Gasteiger partial charge in [0.15, 0.2) is 0 Å². The number of hydrogen-bond acceptors (Lipinski definition) is 5. The molecule has 0 aliphatic carbocycles. The van der Waals surface area contributed by atoms with Gasteiger partial charge in [-0.15, -0.1) is 0 Å². The minimum absolute atomic E-state index is 0.142. The van der Waals surface area contributed by atoms with Gasteiger partial charge >= 0.3 is 0 Å². The number of ether oxygens (including phenoxy) is 2. The van der Waals surface area contributed by atoms with E-state index < -0.39 is 0 Å². The molecule has 1 heterocycles. The molecule has 1 N–H and O–H groups in total. The van der Waals surface area contributed by atoms with Gasteiger partial charge in [-0.2, -0.15) is 0 Å². The minimum atomic E-state index is -0.331. The summed E-state index contributed by atoms with van der Waals surface area (Å²) < 4.78 is 12.1. The first-order chi connectivity index (χ1) is 15.6. The molecule has 0 aliphatic heterocycles. The highest BCUT2D eigenvalue weighted by molar-refractivity contribution is 5.90. The lowest BCUT2D eigenvalue weighted by molar-refractivity contribution is -0.116. The number of methoxy groups -OCH3 is 1. The first kappa shape index (κ1) is 20.9. The van der Waals surface area contributed by atoms with E-state index in [1.165, 1.54) is 17.0 Å². The van der Waals surface area contributed by atoms with E-state index in [0.29, 0.717) is 17.1 Å². The lowest BCUT2D eigenvalue weighted by Crippen LogP contribution is -2.27. The molecule has 0 saturated heterocycles. The van der Waals surface area contributed by atoms with E-state index in [0.717, 1.165) is 17.1 Å². The average Bonchev–Trinajstić information content (AvgIpc) is 2.82. The smallest absolute Gasteiger partial charge is 0.254 e. The molecule has 0 bridgehead atoms. The van der Waals surface area contributed by atoms with Gasteiger partial charge in [-0.05, 0) is 60.7 Å². The maximum Gasteiger partial charge on any atom is 0.254 e. The molecule has 4 aromatic rings. The molecule has 1 amide bonds. The van der Waals surface area contributed by atoms with E-state index in [4.69, 9.17) is 9.47 Å². The van der Waals surface area contributed by atoms with Crippen LogP contribution in [-0.4, -0.2) is 22.6 Å². The number of carbonyl (C=O) groups is 1. The standard InChI is InChI=1S/C25H21N3O4/c1-31-20-11-7-18(8-12-20)23-15-25(30)28(17-26-23)16-24(29)27-19-9-13-22(14-10-19)32-21-5-3-2-4-6-21/h2-15,17H,16H2,1H3,(H,27,29). The lowest BCUT2D eigenvalue weighted by atomic mass is 10.1. The summed E-state index contributed by atoms with van der Waals surface area (Å²) in [5, 5.41) is 2.77. The van der Waals surface area contributed by atoms with Gasteiger partial charge in [0.05, 0.1) is 19.1 Å². The predicted molar refractivity (Wildman–Crippen MR) is 122 cm³/mol. The Morgan fingerprint density at radius 2 is 1.56 bits per heavy atom. The number of nitrogens with zero attached hydrogens (tertiary/aromatic N) is 2. The highest BCUT2D eigenvalue weighted by Gasteiger charge is 2.08. The number of aromatic nitrogens is 2. The van der Waals surface area contributed by atoms with Crippen LogP contribution in [0, 0.1) is 0 Å². The van der Waals surface area contributed by atoms with Crippen molar-refractivity contribution in [3.05, 3.63) is 102 Å². The molecule has 0 radical (unpaired) electrons. The summed E-state index contributed by atoms with van der Waals surface area (Å²) in [4.78, 5) is 29.1. The fraction of sp³-hybridized carbons (Fsp3) is 0.0800. The number of amides is 1. The summed E-state index contributed by atoms with van der Waals surface area (Å²) in [6.07, 6.45) is 1.37. The van der Waals surface area contributed by atoms with E-state index in [2.05, 4.69) is 10.3 Å². The van der Waals surface area contributed by atoms with Gasteiger partial charge in [-0.1, -0.05) is 18.2 Å². The van der Waals surface area contributed by atoms with Gasteiger partial charge in [0.1, 0.15) is 23.8 Å². The van der Waals surface area contributed by atoms with E-state index in [9.17, 15) is 9.59 Å². The Morgan fingerprint density at radius 1 is 0.906 bits per heavy atom. The van der Waals surface area contributed by atoms with Crippen LogP contribution in [0.15, 0.2) is 96.1 Å². The van der Waals surface area contributed by atoms with Crippen molar-refractivity contribution < 1.29 is 14.3 Å². The third-order valence-electron chi connectivity index (χ3n) is 4.70. The summed E-state index contributed by atoms with van der Waals surface area (Å²) in [5.41, 5.74) is 1.61. The second-order valence-electron chi connectivity index (χ2n) is 6.96. The molecule has 0 fully saturated rings. The zero-order chi connectivity index (χ0) is 22.3. The minimum Gasteiger partial charge on any atom is -0.497 e. The third kappa shape index (κ3) is 5.20. The van der Waals surface area contributed by atoms with E-state index >= 15 is 0 Å². The number of rotatable bonds is 7. The molecule has 32 heavy (non-hydrogen) atoms. The number of para-hydroxylation sites is 1. The normalized spacial score (nSPS) is 10.4. The molecule has 0 unspecified atom stereocenters. The van der Waals surface area contributed by atoms with Crippen LogP contribution in [0.2, 0.25) is 0 Å². The summed E-state index contributed by atoms with van der Waals surface area (Å²) in [5.74, 6) is 1.78. The Kier molecular flexibility index (Phi) is 6.27. The molecule has 0 spiro atoms. The fourth-order valence-electron chi connectivity index (χ4n) is 3.05.